The molecule has 0 aromatic carbocycles. The molecule has 0 saturated carbocycles. The van der Waals surface area contributed by atoms with E-state index in [0.717, 1.165) is 10.7 Å². The van der Waals surface area contributed by atoms with Crippen molar-refractivity contribution < 1.29 is 9.21 Å². The van der Waals surface area contributed by atoms with Gasteiger partial charge in [-0.3, -0.25) is 4.79 Å². The number of rotatable bonds is 4. The molecule has 0 fully saturated rings. The molecule has 0 unspecified atom stereocenters. The summed E-state index contributed by atoms with van der Waals surface area (Å²) in [7, 11) is 3.58. The number of hydrogen-bond acceptors (Lipinski definition) is 3. The van der Waals surface area contributed by atoms with Crippen LogP contribution in [-0.2, 0) is 4.79 Å². The van der Waals surface area contributed by atoms with Gasteiger partial charge in [-0.1, -0.05) is 13.8 Å². The lowest BCUT2D eigenvalue weighted by Crippen LogP contribution is -2.34. The van der Waals surface area contributed by atoms with Gasteiger partial charge in [0.2, 0.25) is 5.91 Å². The quantitative estimate of drug-likeness (QED) is 0.760. The Morgan fingerprint density at radius 1 is 1.44 bits per heavy atom. The van der Waals surface area contributed by atoms with E-state index in [-0.39, 0.29) is 11.2 Å². The normalized spacial score (nSPS) is 12.9. The van der Waals surface area contributed by atoms with Crippen LogP contribution in [0.5, 0.6) is 0 Å². The van der Waals surface area contributed by atoms with Crippen molar-refractivity contribution in [2.24, 2.45) is 5.92 Å². The Labute approximate surface area is 101 Å². The lowest BCUT2D eigenvalue weighted by atomic mass is 10.1. The first kappa shape index (κ1) is 13.2. The fourth-order valence-electron chi connectivity index (χ4n) is 1.36. The molecule has 4 heteroatoms. The summed E-state index contributed by atoms with van der Waals surface area (Å²) in [6.07, 6.45) is 1.66. The van der Waals surface area contributed by atoms with Crippen LogP contribution in [0.3, 0.4) is 0 Å². The maximum absolute atomic E-state index is 12.0. The Bertz CT molecular complexity index is 358. The molecule has 1 atom stereocenters. The number of carbonyl (C=O) groups is 1. The van der Waals surface area contributed by atoms with Crippen molar-refractivity contribution in [1.82, 2.24) is 4.90 Å². The van der Waals surface area contributed by atoms with Crippen LogP contribution >= 0.6 is 11.8 Å². The minimum atomic E-state index is -0.0497. The molecule has 0 aliphatic heterocycles. The highest BCUT2D eigenvalue weighted by Gasteiger charge is 2.25. The van der Waals surface area contributed by atoms with E-state index < -0.39 is 0 Å². The van der Waals surface area contributed by atoms with E-state index in [1.54, 1.807) is 37.0 Å². The van der Waals surface area contributed by atoms with Gasteiger partial charge < -0.3 is 9.32 Å². The Hall–Kier alpha value is -0.900. The summed E-state index contributed by atoms with van der Waals surface area (Å²) < 4.78 is 5.24. The second-order valence-electron chi connectivity index (χ2n) is 4.36. The molecule has 0 bridgehead atoms. The molecule has 3 nitrogen and oxygen atoms in total. The van der Waals surface area contributed by atoms with Crippen LogP contribution < -0.4 is 0 Å². The highest BCUT2D eigenvalue weighted by molar-refractivity contribution is 8.00. The standard InChI is InChI=1S/C12H19NO2S/c1-8(2)11(12(14)13(4)5)16-10-6-7-15-9(10)3/h6-8,11H,1-5H3/t11-/m1/s1. The molecular weight excluding hydrogens is 222 g/mol. The molecule has 0 radical (unpaired) electrons. The highest BCUT2D eigenvalue weighted by atomic mass is 32.2. The van der Waals surface area contributed by atoms with Crippen LogP contribution in [0.25, 0.3) is 0 Å². The molecule has 1 rings (SSSR count). The smallest absolute Gasteiger partial charge is 0.235 e. The molecule has 0 aliphatic carbocycles. The number of thioether (sulfide) groups is 1. The summed E-state index contributed by atoms with van der Waals surface area (Å²) in [5.41, 5.74) is 0. The van der Waals surface area contributed by atoms with Crippen LogP contribution in [0.1, 0.15) is 19.6 Å². The molecule has 16 heavy (non-hydrogen) atoms. The number of aryl methyl sites for hydroxylation is 1. The number of hydrogen-bond donors (Lipinski definition) is 0. The fourth-order valence-corrected chi connectivity index (χ4v) is 2.56. The van der Waals surface area contributed by atoms with E-state index in [4.69, 9.17) is 4.42 Å². The van der Waals surface area contributed by atoms with Gasteiger partial charge in [0, 0.05) is 19.0 Å². The first-order chi connectivity index (χ1) is 7.43. The first-order valence-electron chi connectivity index (χ1n) is 5.35. The third kappa shape index (κ3) is 3.04. The fraction of sp³-hybridized carbons (Fsp3) is 0.583. The van der Waals surface area contributed by atoms with Crippen LogP contribution in [0, 0.1) is 12.8 Å². The number of furan rings is 1. The van der Waals surface area contributed by atoms with Gasteiger partial charge in [0.25, 0.3) is 0 Å². The number of carbonyl (C=O) groups excluding carboxylic acids is 1. The summed E-state index contributed by atoms with van der Waals surface area (Å²) in [6, 6.07) is 1.92. The van der Waals surface area contributed by atoms with Crippen LogP contribution in [0.4, 0.5) is 0 Å². The second kappa shape index (κ2) is 5.43. The van der Waals surface area contributed by atoms with Gasteiger partial charge in [-0.2, -0.15) is 0 Å². The minimum absolute atomic E-state index is 0.0497. The average Bonchev–Trinajstić information content (AvgIpc) is 2.59. The maximum atomic E-state index is 12.0. The summed E-state index contributed by atoms with van der Waals surface area (Å²) in [5, 5.41) is -0.0497. The Morgan fingerprint density at radius 3 is 2.44 bits per heavy atom. The second-order valence-corrected chi connectivity index (χ2v) is 5.54. The van der Waals surface area contributed by atoms with Crippen LogP contribution in [-0.4, -0.2) is 30.2 Å². The van der Waals surface area contributed by atoms with Crippen molar-refractivity contribution >= 4 is 17.7 Å². The van der Waals surface area contributed by atoms with E-state index >= 15 is 0 Å². The Morgan fingerprint density at radius 2 is 2.06 bits per heavy atom. The lowest BCUT2D eigenvalue weighted by molar-refractivity contribution is -0.128. The van der Waals surface area contributed by atoms with Crippen LogP contribution in [0.15, 0.2) is 21.6 Å². The molecule has 0 N–H and O–H groups in total. The molecule has 0 saturated heterocycles. The van der Waals surface area contributed by atoms with E-state index in [1.807, 2.05) is 13.0 Å². The monoisotopic (exact) mass is 241 g/mol. The zero-order valence-corrected chi connectivity index (χ0v) is 11.3. The first-order valence-corrected chi connectivity index (χ1v) is 6.23. The Kier molecular flexibility index (Phi) is 4.47. The van der Waals surface area contributed by atoms with Gasteiger partial charge >= 0.3 is 0 Å². The summed E-state index contributed by atoms with van der Waals surface area (Å²) >= 11 is 1.58. The summed E-state index contributed by atoms with van der Waals surface area (Å²) in [6.45, 7) is 6.04. The SMILES string of the molecule is Cc1occc1S[C@@H](C(=O)N(C)C)C(C)C. The van der Waals surface area contributed by atoms with E-state index in [1.165, 1.54) is 0 Å². The molecule has 1 amide bonds. The molecule has 90 valence electrons. The van der Waals surface area contributed by atoms with Gasteiger partial charge in [0.05, 0.1) is 11.5 Å². The molecule has 1 aromatic heterocycles. The van der Waals surface area contributed by atoms with Crippen molar-refractivity contribution in [2.45, 2.75) is 30.9 Å². The number of nitrogens with zero attached hydrogens (tertiary/aromatic N) is 1. The van der Waals surface area contributed by atoms with Crippen molar-refractivity contribution in [3.8, 4) is 0 Å². The molecule has 1 heterocycles. The average molecular weight is 241 g/mol. The van der Waals surface area contributed by atoms with E-state index in [0.29, 0.717) is 5.92 Å². The molecular formula is C12H19NO2S. The highest BCUT2D eigenvalue weighted by Crippen LogP contribution is 2.31. The summed E-state index contributed by atoms with van der Waals surface area (Å²) in [4.78, 5) is 14.7. The maximum Gasteiger partial charge on any atom is 0.235 e. The zero-order valence-electron chi connectivity index (χ0n) is 10.5. The van der Waals surface area contributed by atoms with Gasteiger partial charge in [0.1, 0.15) is 5.76 Å². The van der Waals surface area contributed by atoms with Crippen molar-refractivity contribution in [3.05, 3.63) is 18.1 Å². The van der Waals surface area contributed by atoms with E-state index in [9.17, 15) is 4.79 Å². The van der Waals surface area contributed by atoms with Gasteiger partial charge in [0.15, 0.2) is 0 Å². The largest absolute Gasteiger partial charge is 0.468 e. The van der Waals surface area contributed by atoms with Crippen LogP contribution in [0.2, 0.25) is 0 Å². The Balaban J connectivity index is 2.81. The van der Waals surface area contributed by atoms with Gasteiger partial charge in [-0.15, -0.1) is 11.8 Å². The molecule has 0 spiro atoms. The summed E-state index contributed by atoms with van der Waals surface area (Å²) in [5.74, 6) is 1.33. The van der Waals surface area contributed by atoms with E-state index in [2.05, 4.69) is 13.8 Å². The topological polar surface area (TPSA) is 33.5 Å². The third-order valence-electron chi connectivity index (χ3n) is 2.35. The molecule has 1 aromatic rings. The van der Waals surface area contributed by atoms with Crippen molar-refractivity contribution in [1.29, 1.82) is 0 Å². The third-order valence-corrected chi connectivity index (χ3v) is 4.03. The van der Waals surface area contributed by atoms with Crippen molar-refractivity contribution in [2.75, 3.05) is 14.1 Å². The van der Waals surface area contributed by atoms with Gasteiger partial charge in [-0.25, -0.2) is 0 Å². The number of amides is 1. The zero-order chi connectivity index (χ0) is 12.3. The van der Waals surface area contributed by atoms with Crippen molar-refractivity contribution in [3.63, 3.8) is 0 Å². The van der Waals surface area contributed by atoms with Gasteiger partial charge in [-0.05, 0) is 18.9 Å². The predicted molar refractivity (Wildman–Crippen MR) is 66.6 cm³/mol. The lowest BCUT2D eigenvalue weighted by Gasteiger charge is -2.22. The molecule has 0 aliphatic rings. The minimum Gasteiger partial charge on any atom is -0.468 e. The predicted octanol–water partition coefficient (Wildman–Crippen LogP) is 2.79.